The second kappa shape index (κ2) is 8.60. The molecular formula is C25H29N3O2S. The van der Waals surface area contributed by atoms with Crippen LogP contribution in [0.15, 0.2) is 36.4 Å². The molecule has 1 amide bonds. The van der Waals surface area contributed by atoms with E-state index in [1.165, 1.54) is 17.8 Å². The number of hydrogen-bond acceptors (Lipinski definition) is 5. The van der Waals surface area contributed by atoms with Gasteiger partial charge in [-0.1, -0.05) is 25.1 Å². The fourth-order valence-corrected chi connectivity index (χ4v) is 6.02. The Hall–Kier alpha value is -2.44. The van der Waals surface area contributed by atoms with Crippen LogP contribution in [-0.2, 0) is 0 Å². The minimum absolute atomic E-state index is 0.0201. The van der Waals surface area contributed by atoms with Crippen LogP contribution in [0.3, 0.4) is 0 Å². The van der Waals surface area contributed by atoms with Crippen molar-refractivity contribution < 1.29 is 9.53 Å². The van der Waals surface area contributed by atoms with Crippen molar-refractivity contribution in [2.75, 3.05) is 26.2 Å². The number of ether oxygens (including phenoxy) is 1. The SMILES string of the molecule is CCN1CCC(c2nc3ccc(C(=O)N[C@H]4CCOc5ccccc54)c(C)c3s2)CC1. The molecule has 1 saturated heterocycles. The molecule has 2 aliphatic rings. The van der Waals surface area contributed by atoms with Crippen LogP contribution in [0, 0.1) is 6.92 Å². The highest BCUT2D eigenvalue weighted by Crippen LogP contribution is 2.36. The lowest BCUT2D eigenvalue weighted by atomic mass is 9.97. The Morgan fingerprint density at radius 1 is 1.19 bits per heavy atom. The zero-order valence-electron chi connectivity index (χ0n) is 18.2. The maximum Gasteiger partial charge on any atom is 0.252 e. The van der Waals surface area contributed by atoms with Gasteiger partial charge in [-0.3, -0.25) is 4.79 Å². The van der Waals surface area contributed by atoms with Crippen LogP contribution in [0.4, 0.5) is 0 Å². The van der Waals surface area contributed by atoms with Crippen LogP contribution >= 0.6 is 11.3 Å². The van der Waals surface area contributed by atoms with Gasteiger partial charge < -0.3 is 15.0 Å². The number of nitrogens with zero attached hydrogens (tertiary/aromatic N) is 2. The second-order valence-corrected chi connectivity index (χ2v) is 9.58. The van der Waals surface area contributed by atoms with Crippen molar-refractivity contribution in [1.29, 1.82) is 0 Å². The number of carbonyl (C=O) groups is 1. The number of piperidine rings is 1. The fourth-order valence-electron chi connectivity index (χ4n) is 4.79. The van der Waals surface area contributed by atoms with Gasteiger partial charge in [0.1, 0.15) is 5.75 Å². The van der Waals surface area contributed by atoms with Gasteiger partial charge in [-0.25, -0.2) is 4.98 Å². The molecule has 2 aliphatic heterocycles. The molecule has 1 fully saturated rings. The molecule has 3 heterocycles. The number of aryl methyl sites for hydroxylation is 1. The van der Waals surface area contributed by atoms with Crippen molar-refractivity contribution in [3.05, 3.63) is 58.1 Å². The number of nitrogens with one attached hydrogen (secondary N) is 1. The van der Waals surface area contributed by atoms with E-state index in [0.717, 1.165) is 58.7 Å². The van der Waals surface area contributed by atoms with Crippen molar-refractivity contribution in [3.8, 4) is 5.75 Å². The van der Waals surface area contributed by atoms with E-state index in [4.69, 9.17) is 9.72 Å². The Bertz CT molecular complexity index is 1100. The largest absolute Gasteiger partial charge is 0.493 e. The van der Waals surface area contributed by atoms with E-state index in [1.807, 2.05) is 36.4 Å². The smallest absolute Gasteiger partial charge is 0.252 e. The summed E-state index contributed by atoms with van der Waals surface area (Å²) in [7, 11) is 0. The molecule has 0 saturated carbocycles. The molecule has 162 valence electrons. The lowest BCUT2D eigenvalue weighted by Gasteiger charge is -2.29. The number of fused-ring (bicyclic) bond motifs is 2. The second-order valence-electron chi connectivity index (χ2n) is 8.55. The number of rotatable bonds is 4. The number of hydrogen-bond donors (Lipinski definition) is 1. The molecule has 1 aromatic heterocycles. The number of benzene rings is 2. The monoisotopic (exact) mass is 435 g/mol. The summed E-state index contributed by atoms with van der Waals surface area (Å²) >= 11 is 1.78. The normalized spacial score (nSPS) is 19.7. The summed E-state index contributed by atoms with van der Waals surface area (Å²) in [6.07, 6.45) is 3.12. The first-order valence-corrected chi connectivity index (χ1v) is 12.1. The van der Waals surface area contributed by atoms with Gasteiger partial charge >= 0.3 is 0 Å². The van der Waals surface area contributed by atoms with E-state index in [9.17, 15) is 4.79 Å². The highest BCUT2D eigenvalue weighted by atomic mass is 32.1. The number of thiazole rings is 1. The van der Waals surface area contributed by atoms with Gasteiger partial charge in [-0.15, -0.1) is 11.3 Å². The van der Waals surface area contributed by atoms with Crippen LogP contribution in [-0.4, -0.2) is 42.0 Å². The first kappa shape index (κ1) is 20.5. The van der Waals surface area contributed by atoms with Gasteiger partial charge in [0.05, 0.1) is 27.9 Å². The van der Waals surface area contributed by atoms with E-state index in [2.05, 4.69) is 24.1 Å². The summed E-state index contributed by atoms with van der Waals surface area (Å²) in [5, 5.41) is 4.46. The number of likely N-dealkylation sites (tertiary alicyclic amines) is 1. The molecule has 6 heteroatoms. The van der Waals surface area contributed by atoms with Gasteiger partial charge in [0.2, 0.25) is 0 Å². The van der Waals surface area contributed by atoms with E-state index in [-0.39, 0.29) is 11.9 Å². The summed E-state index contributed by atoms with van der Waals surface area (Å²) in [5.41, 5.74) is 3.85. The summed E-state index contributed by atoms with van der Waals surface area (Å²) in [4.78, 5) is 20.6. The third kappa shape index (κ3) is 3.94. The first-order chi connectivity index (χ1) is 15.1. The predicted octanol–water partition coefficient (Wildman–Crippen LogP) is 5.06. The average Bonchev–Trinajstić information content (AvgIpc) is 3.25. The average molecular weight is 436 g/mol. The Kier molecular flexibility index (Phi) is 5.67. The van der Waals surface area contributed by atoms with E-state index >= 15 is 0 Å². The van der Waals surface area contributed by atoms with Crippen LogP contribution in [0.5, 0.6) is 5.75 Å². The molecule has 2 aromatic carbocycles. The highest BCUT2D eigenvalue weighted by Gasteiger charge is 2.26. The van der Waals surface area contributed by atoms with E-state index in [1.54, 1.807) is 11.3 Å². The fraction of sp³-hybridized carbons (Fsp3) is 0.440. The van der Waals surface area contributed by atoms with Crippen molar-refractivity contribution >= 4 is 27.5 Å². The third-order valence-electron chi connectivity index (χ3n) is 6.71. The molecule has 31 heavy (non-hydrogen) atoms. The van der Waals surface area contributed by atoms with E-state index in [0.29, 0.717) is 12.5 Å². The Morgan fingerprint density at radius 3 is 2.81 bits per heavy atom. The Morgan fingerprint density at radius 2 is 2.00 bits per heavy atom. The first-order valence-electron chi connectivity index (χ1n) is 11.3. The van der Waals surface area contributed by atoms with Gasteiger partial charge in [-0.05, 0) is 63.2 Å². The number of carbonyl (C=O) groups excluding carboxylic acids is 1. The summed E-state index contributed by atoms with van der Waals surface area (Å²) < 4.78 is 6.88. The molecule has 3 aromatic rings. The van der Waals surface area contributed by atoms with Gasteiger partial charge in [0.15, 0.2) is 0 Å². The molecule has 1 atom stereocenters. The van der Waals surface area contributed by atoms with Gasteiger partial charge in [-0.2, -0.15) is 0 Å². The molecule has 0 spiro atoms. The van der Waals surface area contributed by atoms with Crippen molar-refractivity contribution in [3.63, 3.8) is 0 Å². The minimum atomic E-state index is -0.0210. The maximum absolute atomic E-state index is 13.2. The zero-order chi connectivity index (χ0) is 21.4. The minimum Gasteiger partial charge on any atom is -0.493 e. The van der Waals surface area contributed by atoms with Crippen molar-refractivity contribution in [2.24, 2.45) is 0 Å². The lowest BCUT2D eigenvalue weighted by molar-refractivity contribution is 0.0924. The number of aromatic nitrogens is 1. The van der Waals surface area contributed by atoms with Crippen LogP contribution in [0.25, 0.3) is 10.2 Å². The molecule has 5 rings (SSSR count). The standard InChI is InChI=1S/C25H29N3O2S/c1-3-28-13-10-17(11-14-28)25-27-21-9-8-18(16(2)23(21)31-25)24(29)26-20-12-15-30-22-7-5-4-6-19(20)22/h4-9,17,20H,3,10-15H2,1-2H3,(H,26,29)/t20-/m0/s1. The molecule has 1 N–H and O–H groups in total. The third-order valence-corrected chi connectivity index (χ3v) is 8.07. The van der Waals surface area contributed by atoms with Gasteiger partial charge in [0, 0.05) is 23.5 Å². The lowest BCUT2D eigenvalue weighted by Crippen LogP contribution is -2.32. The van der Waals surface area contributed by atoms with Crippen molar-refractivity contribution in [1.82, 2.24) is 15.2 Å². The molecular weight excluding hydrogens is 406 g/mol. The summed E-state index contributed by atoms with van der Waals surface area (Å²) in [5.74, 6) is 1.38. The zero-order valence-corrected chi connectivity index (χ0v) is 19.0. The number of amides is 1. The topological polar surface area (TPSA) is 54.5 Å². The molecule has 0 unspecified atom stereocenters. The van der Waals surface area contributed by atoms with Gasteiger partial charge in [0.25, 0.3) is 5.91 Å². The summed E-state index contributed by atoms with van der Waals surface area (Å²) in [6, 6.07) is 11.9. The Balaban J connectivity index is 1.37. The quantitative estimate of drug-likeness (QED) is 0.623. The van der Waals surface area contributed by atoms with Crippen LogP contribution in [0.2, 0.25) is 0 Å². The molecule has 5 nitrogen and oxygen atoms in total. The number of para-hydroxylation sites is 1. The molecule has 0 radical (unpaired) electrons. The predicted molar refractivity (Wildman–Crippen MR) is 125 cm³/mol. The molecule has 0 bridgehead atoms. The van der Waals surface area contributed by atoms with Crippen LogP contribution in [0.1, 0.15) is 64.6 Å². The van der Waals surface area contributed by atoms with Crippen LogP contribution < -0.4 is 10.1 Å². The molecule has 0 aliphatic carbocycles. The summed E-state index contributed by atoms with van der Waals surface area (Å²) in [6.45, 7) is 8.33. The Labute approximate surface area is 187 Å². The van der Waals surface area contributed by atoms with Crippen molar-refractivity contribution in [2.45, 2.75) is 45.1 Å². The highest BCUT2D eigenvalue weighted by molar-refractivity contribution is 7.18. The van der Waals surface area contributed by atoms with E-state index < -0.39 is 0 Å². The maximum atomic E-state index is 13.2.